The predicted molar refractivity (Wildman–Crippen MR) is 78.8 cm³/mol. The molecule has 20 heavy (non-hydrogen) atoms. The summed E-state index contributed by atoms with van der Waals surface area (Å²) in [6.45, 7) is 2.24. The zero-order valence-electron chi connectivity index (χ0n) is 12.4. The molecule has 2 aliphatic rings. The molecule has 2 saturated carbocycles. The number of hydrogen-bond acceptors (Lipinski definition) is 2. The third kappa shape index (κ3) is 3.93. The van der Waals surface area contributed by atoms with E-state index in [4.69, 9.17) is 5.26 Å². The van der Waals surface area contributed by atoms with Crippen LogP contribution in [-0.4, -0.2) is 22.9 Å². The minimum Gasteiger partial charge on any atom is -0.412 e. The first kappa shape index (κ1) is 17.4. The van der Waals surface area contributed by atoms with Crippen molar-refractivity contribution >= 4 is 0 Å². The number of alkyl halides is 1. The molecule has 0 aromatic rings. The minimum atomic E-state index is -1.13. The molecule has 0 aliphatic heterocycles. The topological polar surface area (TPSA) is 75.5 Å². The Hall–Kier alpha value is -0.660. The minimum absolute atomic E-state index is 0. The van der Waals surface area contributed by atoms with Crippen LogP contribution in [-0.2, 0) is 0 Å². The molecule has 3 N–H and O–H groups in total. The first-order valence-corrected chi connectivity index (χ1v) is 7.87. The number of halogens is 1. The SMILES string of the molecule is CCCC1CCC(C2CC(O)C(C#N)C(F)C2)CC1.O.[HH]. The molecule has 3 nitrogen and oxygen atoms in total. The van der Waals surface area contributed by atoms with Crippen LogP contribution in [0.15, 0.2) is 0 Å². The van der Waals surface area contributed by atoms with E-state index in [-0.39, 0.29) is 12.8 Å². The Morgan fingerprint density at radius 3 is 2.35 bits per heavy atom. The van der Waals surface area contributed by atoms with E-state index < -0.39 is 18.2 Å². The largest absolute Gasteiger partial charge is 0.412 e. The van der Waals surface area contributed by atoms with Gasteiger partial charge in [-0.25, -0.2) is 4.39 Å². The van der Waals surface area contributed by atoms with E-state index in [1.165, 1.54) is 38.5 Å². The van der Waals surface area contributed by atoms with Crippen LogP contribution in [0.5, 0.6) is 0 Å². The van der Waals surface area contributed by atoms with Gasteiger partial charge >= 0.3 is 0 Å². The maximum Gasteiger partial charge on any atom is 0.119 e. The second kappa shape index (κ2) is 7.95. The Bertz CT molecular complexity index is 317. The molecule has 4 unspecified atom stereocenters. The van der Waals surface area contributed by atoms with E-state index in [0.29, 0.717) is 18.8 Å². The van der Waals surface area contributed by atoms with Gasteiger partial charge in [0.2, 0.25) is 0 Å². The summed E-state index contributed by atoms with van der Waals surface area (Å²) in [6, 6.07) is 1.93. The lowest BCUT2D eigenvalue weighted by atomic mass is 9.67. The van der Waals surface area contributed by atoms with Crippen LogP contribution in [0.1, 0.15) is 59.7 Å². The van der Waals surface area contributed by atoms with Gasteiger partial charge in [-0.05, 0) is 43.4 Å². The quantitative estimate of drug-likeness (QED) is 0.865. The van der Waals surface area contributed by atoms with Crippen LogP contribution in [0, 0.1) is 35.0 Å². The maximum atomic E-state index is 13.9. The second-order valence-corrected chi connectivity index (χ2v) is 6.54. The number of nitrogens with zero attached hydrogens (tertiary/aromatic N) is 1. The van der Waals surface area contributed by atoms with E-state index in [0.717, 1.165) is 5.92 Å². The molecule has 0 radical (unpaired) electrons. The average Bonchev–Trinajstić information content (AvgIpc) is 2.39. The van der Waals surface area contributed by atoms with Crippen LogP contribution in [0.2, 0.25) is 0 Å². The molecule has 0 saturated heterocycles. The van der Waals surface area contributed by atoms with Crippen LogP contribution >= 0.6 is 0 Å². The van der Waals surface area contributed by atoms with Crippen LogP contribution in [0.25, 0.3) is 0 Å². The van der Waals surface area contributed by atoms with Gasteiger partial charge in [-0.3, -0.25) is 0 Å². The third-order valence-electron chi connectivity index (χ3n) is 5.28. The zero-order valence-corrected chi connectivity index (χ0v) is 12.4. The summed E-state index contributed by atoms with van der Waals surface area (Å²) in [4.78, 5) is 0. The summed E-state index contributed by atoms with van der Waals surface area (Å²) in [5.41, 5.74) is 0. The lowest BCUT2D eigenvalue weighted by Crippen LogP contribution is -2.40. The Kier molecular flexibility index (Phi) is 6.91. The van der Waals surface area contributed by atoms with Gasteiger partial charge in [0, 0.05) is 1.43 Å². The fraction of sp³-hybridized carbons (Fsp3) is 0.938. The van der Waals surface area contributed by atoms with Crippen LogP contribution < -0.4 is 0 Å². The fourth-order valence-electron chi connectivity index (χ4n) is 4.14. The van der Waals surface area contributed by atoms with Crippen molar-refractivity contribution in [1.82, 2.24) is 0 Å². The van der Waals surface area contributed by atoms with Gasteiger partial charge in [-0.15, -0.1) is 0 Å². The summed E-state index contributed by atoms with van der Waals surface area (Å²) < 4.78 is 13.9. The summed E-state index contributed by atoms with van der Waals surface area (Å²) in [6.07, 6.45) is 6.71. The Balaban J connectivity index is 0.00000200. The molecule has 0 spiro atoms. The maximum absolute atomic E-state index is 13.9. The number of hydrogen-bond donors (Lipinski definition) is 1. The van der Waals surface area contributed by atoms with Gasteiger partial charge in [0.25, 0.3) is 0 Å². The number of aliphatic hydroxyl groups excluding tert-OH is 1. The summed E-state index contributed by atoms with van der Waals surface area (Å²) in [5, 5.41) is 18.8. The molecule has 2 rings (SSSR count). The highest BCUT2D eigenvalue weighted by molar-refractivity contribution is 4.99. The lowest BCUT2D eigenvalue weighted by Gasteiger charge is -2.39. The summed E-state index contributed by atoms with van der Waals surface area (Å²) in [5.74, 6) is 0.924. The Morgan fingerprint density at radius 2 is 1.85 bits per heavy atom. The zero-order chi connectivity index (χ0) is 13.8. The standard InChI is InChI=1S/C16H26FNO.H2O.H2/c1-2-3-11-4-6-12(7-5-11)13-8-15(17)14(10-18)16(19)9-13;;/h11-16,19H,2-9H2,1H3;1H2;1H. The highest BCUT2D eigenvalue weighted by Gasteiger charge is 2.40. The molecule has 118 valence electrons. The number of nitriles is 1. The van der Waals surface area contributed by atoms with Gasteiger partial charge in [0.1, 0.15) is 12.1 Å². The van der Waals surface area contributed by atoms with Crippen molar-refractivity contribution in [2.45, 2.75) is 70.6 Å². The Labute approximate surface area is 123 Å². The third-order valence-corrected chi connectivity index (χ3v) is 5.28. The van der Waals surface area contributed by atoms with Crippen molar-refractivity contribution in [3.63, 3.8) is 0 Å². The van der Waals surface area contributed by atoms with Crippen LogP contribution in [0.3, 0.4) is 0 Å². The van der Waals surface area contributed by atoms with Crippen molar-refractivity contribution in [2.75, 3.05) is 0 Å². The van der Waals surface area contributed by atoms with Crippen molar-refractivity contribution in [3.05, 3.63) is 0 Å². The van der Waals surface area contributed by atoms with Gasteiger partial charge in [-0.1, -0.05) is 32.6 Å². The van der Waals surface area contributed by atoms with E-state index in [9.17, 15) is 9.50 Å². The van der Waals surface area contributed by atoms with Gasteiger partial charge < -0.3 is 10.6 Å². The van der Waals surface area contributed by atoms with Crippen LogP contribution in [0.4, 0.5) is 4.39 Å². The molecule has 0 aromatic heterocycles. The molecule has 0 aromatic carbocycles. The molecule has 4 atom stereocenters. The monoisotopic (exact) mass is 287 g/mol. The predicted octanol–water partition coefficient (Wildman–Crippen LogP) is 3.26. The molecular weight excluding hydrogens is 257 g/mol. The Morgan fingerprint density at radius 1 is 1.20 bits per heavy atom. The lowest BCUT2D eigenvalue weighted by molar-refractivity contribution is -0.00608. The number of aliphatic hydroxyl groups is 1. The first-order chi connectivity index (χ1) is 9.15. The average molecular weight is 287 g/mol. The van der Waals surface area contributed by atoms with E-state index in [1.807, 2.05) is 6.07 Å². The van der Waals surface area contributed by atoms with Crippen molar-refractivity contribution in [3.8, 4) is 6.07 Å². The van der Waals surface area contributed by atoms with Gasteiger partial charge in [0.15, 0.2) is 0 Å². The van der Waals surface area contributed by atoms with Crippen molar-refractivity contribution in [2.24, 2.45) is 23.7 Å². The molecule has 0 heterocycles. The normalized spacial score (nSPS) is 41.5. The highest BCUT2D eigenvalue weighted by Crippen LogP contribution is 2.42. The molecule has 2 fully saturated rings. The van der Waals surface area contributed by atoms with Gasteiger partial charge in [-0.2, -0.15) is 5.26 Å². The molecular formula is C16H30FNO2. The highest BCUT2D eigenvalue weighted by atomic mass is 19.1. The molecule has 4 heteroatoms. The smallest absolute Gasteiger partial charge is 0.119 e. The number of rotatable bonds is 3. The molecule has 2 aliphatic carbocycles. The summed E-state index contributed by atoms with van der Waals surface area (Å²) >= 11 is 0. The van der Waals surface area contributed by atoms with Crippen molar-refractivity contribution < 1.29 is 16.4 Å². The summed E-state index contributed by atoms with van der Waals surface area (Å²) in [7, 11) is 0. The van der Waals surface area contributed by atoms with Gasteiger partial charge in [0.05, 0.1) is 12.2 Å². The van der Waals surface area contributed by atoms with E-state index >= 15 is 0 Å². The molecule has 0 amide bonds. The first-order valence-electron chi connectivity index (χ1n) is 7.87. The van der Waals surface area contributed by atoms with Crippen molar-refractivity contribution in [1.29, 1.82) is 5.26 Å². The van der Waals surface area contributed by atoms with E-state index in [2.05, 4.69) is 6.92 Å². The fourth-order valence-corrected chi connectivity index (χ4v) is 4.14. The van der Waals surface area contributed by atoms with E-state index in [1.54, 1.807) is 0 Å². The molecule has 0 bridgehead atoms. The second-order valence-electron chi connectivity index (χ2n) is 6.54.